The molecule has 0 saturated carbocycles. The lowest BCUT2D eigenvalue weighted by atomic mass is 10.0. The van der Waals surface area contributed by atoms with Gasteiger partial charge in [0.25, 0.3) is 0 Å². The maximum absolute atomic E-state index is 9.40. The Morgan fingerprint density at radius 3 is 2.88 bits per heavy atom. The number of nitrogens with zero attached hydrogens (tertiary/aromatic N) is 1. The van der Waals surface area contributed by atoms with Crippen LogP contribution in [-0.4, -0.2) is 29.2 Å². The largest absolute Gasteiger partial charge is 0.395 e. The van der Waals surface area contributed by atoms with E-state index < -0.39 is 0 Å². The van der Waals surface area contributed by atoms with Gasteiger partial charge in [-0.05, 0) is 30.5 Å². The van der Waals surface area contributed by atoms with Crippen LogP contribution in [-0.2, 0) is 6.54 Å². The summed E-state index contributed by atoms with van der Waals surface area (Å²) in [6, 6.07) is 8.63. The molecule has 1 N–H and O–H groups in total. The Labute approximate surface area is 105 Å². The first-order valence-corrected chi connectivity index (χ1v) is 6.60. The Morgan fingerprint density at radius 2 is 2.19 bits per heavy atom. The number of hydrogen-bond acceptors (Lipinski definition) is 2. The van der Waals surface area contributed by atoms with Crippen LogP contribution in [0.3, 0.4) is 0 Å². The van der Waals surface area contributed by atoms with Crippen molar-refractivity contribution in [1.82, 2.24) is 4.90 Å². The zero-order valence-corrected chi connectivity index (χ0v) is 11.2. The minimum absolute atomic E-state index is 0.269. The molecule has 0 amide bonds. The van der Waals surface area contributed by atoms with E-state index in [4.69, 9.17) is 0 Å². The Hall–Kier alpha value is -0.380. The minimum atomic E-state index is 0.269. The van der Waals surface area contributed by atoms with E-state index >= 15 is 0 Å². The number of benzene rings is 1. The topological polar surface area (TPSA) is 23.5 Å². The smallest absolute Gasteiger partial charge is 0.0589 e. The molecule has 0 aliphatic carbocycles. The van der Waals surface area contributed by atoms with Crippen molar-refractivity contribution in [2.75, 3.05) is 13.2 Å². The van der Waals surface area contributed by atoms with Gasteiger partial charge < -0.3 is 5.11 Å². The van der Waals surface area contributed by atoms with E-state index in [2.05, 4.69) is 46.0 Å². The first-order chi connectivity index (χ1) is 7.72. The Bertz CT molecular complexity index is 356. The van der Waals surface area contributed by atoms with Gasteiger partial charge in [0.2, 0.25) is 0 Å². The molecule has 1 aromatic rings. The summed E-state index contributed by atoms with van der Waals surface area (Å²) >= 11 is 3.57. The second-order valence-corrected chi connectivity index (χ2v) is 5.43. The quantitative estimate of drug-likeness (QED) is 0.922. The first-order valence-electron chi connectivity index (χ1n) is 5.80. The van der Waals surface area contributed by atoms with Gasteiger partial charge in [0.1, 0.15) is 0 Å². The van der Waals surface area contributed by atoms with E-state index in [-0.39, 0.29) is 6.61 Å². The molecule has 0 radical (unpaired) electrons. The highest BCUT2D eigenvalue weighted by molar-refractivity contribution is 9.10. The molecule has 2 nitrogen and oxygen atoms in total. The number of likely N-dealkylation sites (tertiary alicyclic amines) is 1. The molecule has 16 heavy (non-hydrogen) atoms. The van der Waals surface area contributed by atoms with Crippen LogP contribution in [0.1, 0.15) is 18.9 Å². The predicted octanol–water partition coefficient (Wildman–Crippen LogP) is 2.65. The first kappa shape index (κ1) is 12.1. The maximum Gasteiger partial charge on any atom is 0.0589 e. The molecule has 2 rings (SSSR count). The summed E-state index contributed by atoms with van der Waals surface area (Å²) in [6.45, 7) is 4.51. The van der Waals surface area contributed by atoms with Crippen LogP contribution in [0, 0.1) is 5.92 Å². The number of aliphatic hydroxyl groups is 1. The standard InChI is InChI=1S/C13H18BrNO/c1-10-6-7-15(13(10)9-16)8-11-4-2-3-5-12(11)14/h2-5,10,13,16H,6-9H2,1H3. The molecule has 2 atom stereocenters. The molecule has 3 heteroatoms. The molecule has 88 valence electrons. The molecule has 1 aliphatic heterocycles. The molecule has 2 unspecified atom stereocenters. The van der Waals surface area contributed by atoms with Crippen LogP contribution in [0.4, 0.5) is 0 Å². The zero-order valence-electron chi connectivity index (χ0n) is 9.56. The summed E-state index contributed by atoms with van der Waals surface area (Å²) in [5.41, 5.74) is 1.30. The molecule has 1 fully saturated rings. The van der Waals surface area contributed by atoms with Crippen molar-refractivity contribution in [2.24, 2.45) is 5.92 Å². The van der Waals surface area contributed by atoms with Crippen molar-refractivity contribution in [3.8, 4) is 0 Å². The molecule has 1 saturated heterocycles. The van der Waals surface area contributed by atoms with Crippen LogP contribution in [0.2, 0.25) is 0 Å². The normalized spacial score (nSPS) is 26.2. The maximum atomic E-state index is 9.40. The highest BCUT2D eigenvalue weighted by Crippen LogP contribution is 2.27. The SMILES string of the molecule is CC1CCN(Cc2ccccc2Br)C1CO. The van der Waals surface area contributed by atoms with Crippen molar-refractivity contribution in [1.29, 1.82) is 0 Å². The lowest BCUT2D eigenvalue weighted by Gasteiger charge is -2.25. The molecule has 0 spiro atoms. The van der Waals surface area contributed by atoms with Crippen LogP contribution in [0.25, 0.3) is 0 Å². The van der Waals surface area contributed by atoms with E-state index in [9.17, 15) is 5.11 Å². The van der Waals surface area contributed by atoms with Crippen LogP contribution >= 0.6 is 15.9 Å². The molecule has 0 aromatic heterocycles. The highest BCUT2D eigenvalue weighted by atomic mass is 79.9. The predicted molar refractivity (Wildman–Crippen MR) is 69.2 cm³/mol. The fourth-order valence-electron chi connectivity index (χ4n) is 2.42. The van der Waals surface area contributed by atoms with E-state index in [1.54, 1.807) is 0 Å². The average molecular weight is 284 g/mol. The van der Waals surface area contributed by atoms with Crippen LogP contribution < -0.4 is 0 Å². The average Bonchev–Trinajstić information content (AvgIpc) is 2.63. The Kier molecular flexibility index (Phi) is 4.00. The third kappa shape index (κ3) is 2.47. The number of hydrogen-bond donors (Lipinski definition) is 1. The third-order valence-corrected chi connectivity index (χ3v) is 4.29. The second-order valence-electron chi connectivity index (χ2n) is 4.58. The summed E-state index contributed by atoms with van der Waals surface area (Å²) in [4.78, 5) is 2.38. The Morgan fingerprint density at radius 1 is 1.44 bits per heavy atom. The summed E-state index contributed by atoms with van der Waals surface area (Å²) in [7, 11) is 0. The molecule has 1 aliphatic rings. The van der Waals surface area contributed by atoms with Crippen molar-refractivity contribution < 1.29 is 5.11 Å². The Balaban J connectivity index is 2.08. The number of halogens is 1. The monoisotopic (exact) mass is 283 g/mol. The van der Waals surface area contributed by atoms with Gasteiger partial charge in [-0.1, -0.05) is 41.1 Å². The fourth-order valence-corrected chi connectivity index (χ4v) is 2.83. The van der Waals surface area contributed by atoms with Crippen molar-refractivity contribution in [3.63, 3.8) is 0 Å². The van der Waals surface area contributed by atoms with Gasteiger partial charge in [-0.25, -0.2) is 0 Å². The molecule has 1 heterocycles. The summed E-state index contributed by atoms with van der Waals surface area (Å²) in [5.74, 6) is 0.604. The van der Waals surface area contributed by atoms with Crippen molar-refractivity contribution in [2.45, 2.75) is 25.9 Å². The molecule has 1 aromatic carbocycles. The van der Waals surface area contributed by atoms with Crippen molar-refractivity contribution >= 4 is 15.9 Å². The lowest BCUT2D eigenvalue weighted by molar-refractivity contribution is 0.134. The van der Waals surface area contributed by atoms with Crippen LogP contribution in [0.15, 0.2) is 28.7 Å². The van der Waals surface area contributed by atoms with Gasteiger partial charge >= 0.3 is 0 Å². The second kappa shape index (κ2) is 5.30. The van der Waals surface area contributed by atoms with Gasteiger partial charge in [-0.3, -0.25) is 4.90 Å². The van der Waals surface area contributed by atoms with Crippen LogP contribution in [0.5, 0.6) is 0 Å². The van der Waals surface area contributed by atoms with Gasteiger partial charge in [0.05, 0.1) is 6.61 Å². The zero-order chi connectivity index (χ0) is 11.5. The summed E-state index contributed by atoms with van der Waals surface area (Å²) in [6.07, 6.45) is 1.19. The molecule has 0 bridgehead atoms. The summed E-state index contributed by atoms with van der Waals surface area (Å²) < 4.78 is 1.16. The van der Waals surface area contributed by atoms with Gasteiger partial charge in [0.15, 0.2) is 0 Å². The van der Waals surface area contributed by atoms with E-state index in [1.165, 1.54) is 12.0 Å². The third-order valence-electron chi connectivity index (χ3n) is 3.52. The summed E-state index contributed by atoms with van der Waals surface area (Å²) in [5, 5.41) is 9.40. The van der Waals surface area contributed by atoms with Crippen molar-refractivity contribution in [3.05, 3.63) is 34.3 Å². The molecular weight excluding hydrogens is 266 g/mol. The number of aliphatic hydroxyl groups excluding tert-OH is 1. The van der Waals surface area contributed by atoms with Gasteiger partial charge in [-0.2, -0.15) is 0 Å². The van der Waals surface area contributed by atoms with E-state index in [0.717, 1.165) is 17.6 Å². The lowest BCUT2D eigenvalue weighted by Crippen LogP contribution is -2.34. The minimum Gasteiger partial charge on any atom is -0.395 e. The fraction of sp³-hybridized carbons (Fsp3) is 0.538. The van der Waals surface area contributed by atoms with E-state index in [0.29, 0.717) is 12.0 Å². The van der Waals surface area contributed by atoms with Gasteiger partial charge in [-0.15, -0.1) is 0 Å². The van der Waals surface area contributed by atoms with E-state index in [1.807, 2.05) is 6.07 Å². The highest BCUT2D eigenvalue weighted by Gasteiger charge is 2.30. The molecular formula is C13H18BrNO. The van der Waals surface area contributed by atoms with Gasteiger partial charge in [0, 0.05) is 17.1 Å². The number of rotatable bonds is 3.